The average molecular weight is 314 g/mol. The Morgan fingerprint density at radius 2 is 1.96 bits per heavy atom. The molecule has 2 aromatic carbocycles. The number of likely N-dealkylation sites (tertiary alicyclic amines) is 1. The standard InChI is InChI=1S/C17H15FN2O3/c18-14-8-6-12(7-9-14)16-5-2-10-19(16)17(21)13-3-1-4-15(11-13)20(22)23/h1,3-4,6-9,11,16H,2,5,10H2. The number of hydrogen-bond acceptors (Lipinski definition) is 3. The highest BCUT2D eigenvalue weighted by Crippen LogP contribution is 2.33. The van der Waals surface area contributed by atoms with E-state index in [0.717, 1.165) is 18.4 Å². The Kier molecular flexibility index (Phi) is 4.06. The SMILES string of the molecule is O=C(c1cccc([N+](=O)[O-])c1)N1CCCC1c1ccc(F)cc1. The monoisotopic (exact) mass is 314 g/mol. The summed E-state index contributed by atoms with van der Waals surface area (Å²) in [5.41, 5.74) is 1.07. The van der Waals surface area contributed by atoms with Gasteiger partial charge in [0.25, 0.3) is 11.6 Å². The van der Waals surface area contributed by atoms with Crippen LogP contribution in [0.3, 0.4) is 0 Å². The predicted octanol–water partition coefficient (Wildman–Crippen LogP) is 3.71. The fourth-order valence-corrected chi connectivity index (χ4v) is 2.96. The van der Waals surface area contributed by atoms with E-state index in [1.54, 1.807) is 23.1 Å². The Morgan fingerprint density at radius 3 is 2.65 bits per heavy atom. The molecule has 1 atom stereocenters. The maximum absolute atomic E-state index is 13.1. The molecule has 0 N–H and O–H groups in total. The van der Waals surface area contributed by atoms with Crippen LogP contribution in [-0.4, -0.2) is 22.3 Å². The summed E-state index contributed by atoms with van der Waals surface area (Å²) in [4.78, 5) is 24.7. The Hall–Kier alpha value is -2.76. The van der Waals surface area contributed by atoms with Gasteiger partial charge in [0.2, 0.25) is 0 Å². The Labute approximate surface area is 132 Å². The summed E-state index contributed by atoms with van der Waals surface area (Å²) in [6.45, 7) is 0.587. The Bertz CT molecular complexity index is 746. The van der Waals surface area contributed by atoms with E-state index < -0.39 is 4.92 Å². The number of benzene rings is 2. The van der Waals surface area contributed by atoms with Crippen molar-refractivity contribution in [3.05, 3.63) is 75.6 Å². The van der Waals surface area contributed by atoms with Gasteiger partial charge >= 0.3 is 0 Å². The molecule has 118 valence electrons. The number of non-ortho nitro benzene ring substituents is 1. The van der Waals surface area contributed by atoms with Crippen LogP contribution in [0, 0.1) is 15.9 Å². The van der Waals surface area contributed by atoms with Crippen molar-refractivity contribution in [2.45, 2.75) is 18.9 Å². The van der Waals surface area contributed by atoms with E-state index in [9.17, 15) is 19.3 Å². The molecule has 0 radical (unpaired) electrons. The first-order valence-electron chi connectivity index (χ1n) is 7.37. The Balaban J connectivity index is 1.87. The number of nitrogens with zero attached hydrogens (tertiary/aromatic N) is 2. The molecule has 1 saturated heterocycles. The van der Waals surface area contributed by atoms with Crippen LogP contribution < -0.4 is 0 Å². The molecule has 1 unspecified atom stereocenters. The van der Waals surface area contributed by atoms with Gasteiger partial charge in [0, 0.05) is 24.2 Å². The second-order valence-electron chi connectivity index (χ2n) is 5.52. The molecule has 1 aliphatic heterocycles. The number of hydrogen-bond donors (Lipinski definition) is 0. The van der Waals surface area contributed by atoms with Crippen LogP contribution >= 0.6 is 0 Å². The van der Waals surface area contributed by atoms with E-state index in [1.807, 2.05) is 0 Å². The minimum Gasteiger partial charge on any atom is -0.332 e. The van der Waals surface area contributed by atoms with Crippen molar-refractivity contribution in [3.8, 4) is 0 Å². The number of rotatable bonds is 3. The summed E-state index contributed by atoms with van der Waals surface area (Å²) in [5, 5.41) is 10.9. The van der Waals surface area contributed by atoms with Crippen molar-refractivity contribution >= 4 is 11.6 Å². The highest BCUT2D eigenvalue weighted by atomic mass is 19.1. The first kappa shape index (κ1) is 15.1. The van der Waals surface area contributed by atoms with Gasteiger partial charge in [-0.25, -0.2) is 4.39 Å². The van der Waals surface area contributed by atoms with Crippen molar-refractivity contribution in [2.24, 2.45) is 0 Å². The molecule has 3 rings (SSSR count). The molecule has 1 fully saturated rings. The quantitative estimate of drug-likeness (QED) is 0.641. The number of carbonyl (C=O) groups is 1. The third-order valence-corrected chi connectivity index (χ3v) is 4.07. The third-order valence-electron chi connectivity index (χ3n) is 4.07. The van der Waals surface area contributed by atoms with E-state index in [0.29, 0.717) is 12.1 Å². The van der Waals surface area contributed by atoms with Crippen LogP contribution in [0.4, 0.5) is 10.1 Å². The lowest BCUT2D eigenvalue weighted by atomic mass is 10.0. The fourth-order valence-electron chi connectivity index (χ4n) is 2.96. The van der Waals surface area contributed by atoms with E-state index in [1.165, 1.54) is 30.3 Å². The highest BCUT2D eigenvalue weighted by Gasteiger charge is 2.31. The minimum atomic E-state index is -0.516. The fraction of sp³-hybridized carbons (Fsp3) is 0.235. The number of nitro benzene ring substituents is 1. The van der Waals surface area contributed by atoms with Gasteiger partial charge < -0.3 is 4.90 Å². The van der Waals surface area contributed by atoms with Gasteiger partial charge in [-0.2, -0.15) is 0 Å². The van der Waals surface area contributed by atoms with Crippen LogP contribution in [0.5, 0.6) is 0 Å². The smallest absolute Gasteiger partial charge is 0.270 e. The molecular formula is C17H15FN2O3. The lowest BCUT2D eigenvalue weighted by molar-refractivity contribution is -0.384. The summed E-state index contributed by atoms with van der Waals surface area (Å²) in [6, 6.07) is 11.7. The van der Waals surface area contributed by atoms with Gasteiger partial charge in [-0.3, -0.25) is 14.9 Å². The first-order chi connectivity index (χ1) is 11.1. The predicted molar refractivity (Wildman–Crippen MR) is 82.5 cm³/mol. The molecule has 1 amide bonds. The lowest BCUT2D eigenvalue weighted by Crippen LogP contribution is -2.30. The van der Waals surface area contributed by atoms with Crippen molar-refractivity contribution in [2.75, 3.05) is 6.54 Å². The average Bonchev–Trinajstić information content (AvgIpc) is 3.04. The summed E-state index contributed by atoms with van der Waals surface area (Å²) >= 11 is 0. The molecule has 0 saturated carbocycles. The van der Waals surface area contributed by atoms with Crippen molar-refractivity contribution in [3.63, 3.8) is 0 Å². The summed E-state index contributed by atoms with van der Waals surface area (Å²) < 4.78 is 13.1. The normalized spacial score (nSPS) is 17.3. The van der Waals surface area contributed by atoms with E-state index >= 15 is 0 Å². The second-order valence-corrected chi connectivity index (χ2v) is 5.52. The molecule has 1 heterocycles. The van der Waals surface area contributed by atoms with Crippen molar-refractivity contribution in [1.82, 2.24) is 4.90 Å². The molecule has 1 aliphatic rings. The zero-order chi connectivity index (χ0) is 16.4. The molecule has 5 nitrogen and oxygen atoms in total. The van der Waals surface area contributed by atoms with E-state index in [2.05, 4.69) is 0 Å². The minimum absolute atomic E-state index is 0.103. The number of nitro groups is 1. The van der Waals surface area contributed by atoms with E-state index in [-0.39, 0.29) is 23.5 Å². The number of amides is 1. The molecule has 23 heavy (non-hydrogen) atoms. The first-order valence-corrected chi connectivity index (χ1v) is 7.37. The summed E-state index contributed by atoms with van der Waals surface area (Å²) in [6.07, 6.45) is 1.65. The van der Waals surface area contributed by atoms with E-state index in [4.69, 9.17) is 0 Å². The topological polar surface area (TPSA) is 63.4 Å². The van der Waals surface area contributed by atoms with Gasteiger partial charge in [0.1, 0.15) is 5.82 Å². The van der Waals surface area contributed by atoms with Crippen molar-refractivity contribution in [1.29, 1.82) is 0 Å². The Morgan fingerprint density at radius 1 is 1.22 bits per heavy atom. The summed E-state index contributed by atoms with van der Waals surface area (Å²) in [5.74, 6) is -0.552. The van der Waals surface area contributed by atoms with Gasteiger partial charge in [0.05, 0.1) is 11.0 Å². The molecule has 0 aromatic heterocycles. The second kappa shape index (κ2) is 6.16. The number of halogens is 1. The maximum Gasteiger partial charge on any atom is 0.270 e. The third kappa shape index (κ3) is 3.06. The number of carbonyl (C=O) groups excluding carboxylic acids is 1. The molecule has 2 aromatic rings. The van der Waals surface area contributed by atoms with Crippen LogP contribution in [0.25, 0.3) is 0 Å². The zero-order valence-corrected chi connectivity index (χ0v) is 12.3. The molecule has 0 bridgehead atoms. The largest absolute Gasteiger partial charge is 0.332 e. The lowest BCUT2D eigenvalue weighted by Gasteiger charge is -2.25. The van der Waals surface area contributed by atoms with Crippen LogP contribution in [0.2, 0.25) is 0 Å². The zero-order valence-electron chi connectivity index (χ0n) is 12.3. The van der Waals surface area contributed by atoms with Crippen LogP contribution in [-0.2, 0) is 0 Å². The van der Waals surface area contributed by atoms with Gasteiger partial charge in [-0.15, -0.1) is 0 Å². The summed E-state index contributed by atoms with van der Waals surface area (Å²) in [7, 11) is 0. The highest BCUT2D eigenvalue weighted by molar-refractivity contribution is 5.95. The molecular weight excluding hydrogens is 299 g/mol. The van der Waals surface area contributed by atoms with Gasteiger partial charge in [-0.05, 0) is 36.6 Å². The van der Waals surface area contributed by atoms with Gasteiger partial charge in [0.15, 0.2) is 0 Å². The van der Waals surface area contributed by atoms with Crippen molar-refractivity contribution < 1.29 is 14.1 Å². The van der Waals surface area contributed by atoms with Crippen LogP contribution in [0.15, 0.2) is 48.5 Å². The maximum atomic E-state index is 13.1. The van der Waals surface area contributed by atoms with Crippen LogP contribution in [0.1, 0.15) is 34.8 Å². The molecule has 6 heteroatoms. The molecule has 0 aliphatic carbocycles. The molecule has 0 spiro atoms. The van der Waals surface area contributed by atoms with Gasteiger partial charge in [-0.1, -0.05) is 18.2 Å².